The van der Waals surface area contributed by atoms with Gasteiger partial charge in [0.25, 0.3) is 0 Å². The summed E-state index contributed by atoms with van der Waals surface area (Å²) in [6.45, 7) is 3.21. The largest absolute Gasteiger partial charge is 0.350 e. The zero-order chi connectivity index (χ0) is 21.9. The van der Waals surface area contributed by atoms with Crippen LogP contribution in [0.1, 0.15) is 59.9 Å². The highest BCUT2D eigenvalue weighted by molar-refractivity contribution is 6.00. The standard InChI is InChI=1S/C28H31N3O/c29-18-21-5-8-22-12-14-31(19-26(22)15-21)13-11-20-6-9-27(10-7-20)30-28(32)25-16-23-3-1-2-4-24(23)17-25/h1-5,8,15-16,20,27H,6-7,9-14,17,19H2,(H,30,32). The lowest BCUT2D eigenvalue weighted by atomic mass is 9.83. The van der Waals surface area contributed by atoms with Crippen LogP contribution in [0, 0.1) is 17.2 Å². The van der Waals surface area contributed by atoms with Crippen molar-refractivity contribution in [3.05, 3.63) is 75.9 Å². The quantitative estimate of drug-likeness (QED) is 0.760. The van der Waals surface area contributed by atoms with Gasteiger partial charge in [-0.05, 0) is 91.5 Å². The van der Waals surface area contributed by atoms with Gasteiger partial charge in [0.1, 0.15) is 0 Å². The number of hydrogen-bond acceptors (Lipinski definition) is 3. The van der Waals surface area contributed by atoms with Gasteiger partial charge in [-0.25, -0.2) is 0 Å². The van der Waals surface area contributed by atoms with Crippen molar-refractivity contribution >= 4 is 12.0 Å². The van der Waals surface area contributed by atoms with E-state index in [1.807, 2.05) is 24.3 Å². The molecule has 0 spiro atoms. The van der Waals surface area contributed by atoms with Crippen LogP contribution < -0.4 is 5.32 Å². The molecule has 1 amide bonds. The van der Waals surface area contributed by atoms with Gasteiger partial charge in [-0.15, -0.1) is 0 Å². The highest BCUT2D eigenvalue weighted by Gasteiger charge is 2.26. The van der Waals surface area contributed by atoms with Crippen molar-refractivity contribution in [2.45, 2.75) is 57.5 Å². The summed E-state index contributed by atoms with van der Waals surface area (Å²) in [7, 11) is 0. The van der Waals surface area contributed by atoms with Gasteiger partial charge in [-0.1, -0.05) is 30.3 Å². The molecule has 0 aromatic heterocycles. The van der Waals surface area contributed by atoms with Crippen LogP contribution >= 0.6 is 0 Å². The smallest absolute Gasteiger partial charge is 0.247 e. The number of carbonyl (C=O) groups excluding carboxylic acids is 1. The summed E-state index contributed by atoms with van der Waals surface area (Å²) in [5.41, 5.74) is 6.83. The van der Waals surface area contributed by atoms with E-state index in [2.05, 4.69) is 40.6 Å². The number of fused-ring (bicyclic) bond motifs is 2. The van der Waals surface area contributed by atoms with Crippen molar-refractivity contribution in [2.24, 2.45) is 5.92 Å². The van der Waals surface area contributed by atoms with E-state index in [0.29, 0.717) is 6.04 Å². The van der Waals surface area contributed by atoms with Crippen LogP contribution in [0.25, 0.3) is 6.08 Å². The lowest BCUT2D eigenvalue weighted by molar-refractivity contribution is -0.118. The molecule has 3 aliphatic rings. The predicted molar refractivity (Wildman–Crippen MR) is 127 cm³/mol. The number of carbonyl (C=O) groups is 1. The molecule has 4 heteroatoms. The number of benzene rings is 2. The summed E-state index contributed by atoms with van der Waals surface area (Å²) >= 11 is 0. The molecule has 1 fully saturated rings. The van der Waals surface area contributed by atoms with Crippen molar-refractivity contribution in [1.29, 1.82) is 5.26 Å². The van der Waals surface area contributed by atoms with Crippen LogP contribution in [-0.4, -0.2) is 29.9 Å². The molecule has 4 nitrogen and oxygen atoms in total. The summed E-state index contributed by atoms with van der Waals surface area (Å²) in [6.07, 6.45) is 9.70. The van der Waals surface area contributed by atoms with E-state index < -0.39 is 0 Å². The zero-order valence-corrected chi connectivity index (χ0v) is 18.6. The normalized spacial score (nSPS) is 22.4. The van der Waals surface area contributed by atoms with Gasteiger partial charge < -0.3 is 5.32 Å². The monoisotopic (exact) mass is 425 g/mol. The van der Waals surface area contributed by atoms with Crippen LogP contribution in [0.15, 0.2) is 48.0 Å². The summed E-state index contributed by atoms with van der Waals surface area (Å²) in [5.74, 6) is 0.873. The third-order valence-corrected chi connectivity index (χ3v) is 7.52. The summed E-state index contributed by atoms with van der Waals surface area (Å²) in [4.78, 5) is 15.3. The maximum absolute atomic E-state index is 12.7. The minimum Gasteiger partial charge on any atom is -0.350 e. The fourth-order valence-corrected chi connectivity index (χ4v) is 5.54. The predicted octanol–water partition coefficient (Wildman–Crippen LogP) is 4.62. The Hall–Kier alpha value is -2.90. The van der Waals surface area contributed by atoms with Crippen molar-refractivity contribution in [1.82, 2.24) is 10.2 Å². The highest BCUT2D eigenvalue weighted by atomic mass is 16.1. The van der Waals surface area contributed by atoms with E-state index in [4.69, 9.17) is 5.26 Å². The number of nitrogens with zero attached hydrogens (tertiary/aromatic N) is 2. The van der Waals surface area contributed by atoms with E-state index in [1.54, 1.807) is 0 Å². The number of hydrogen-bond donors (Lipinski definition) is 1. The molecule has 1 N–H and O–H groups in total. The van der Waals surface area contributed by atoms with Crippen LogP contribution in [0.4, 0.5) is 0 Å². The third kappa shape index (κ3) is 4.64. The van der Waals surface area contributed by atoms with Gasteiger partial charge in [-0.3, -0.25) is 9.69 Å². The van der Waals surface area contributed by atoms with Crippen LogP contribution in [-0.2, 0) is 24.2 Å². The average molecular weight is 426 g/mol. The number of rotatable bonds is 5. The number of amides is 1. The SMILES string of the molecule is N#Cc1ccc2c(c1)CN(CCC1CCC(NC(=O)C3=Cc4ccccc4C3)CC1)CC2. The van der Waals surface area contributed by atoms with Gasteiger partial charge >= 0.3 is 0 Å². The Bertz CT molecular complexity index is 1070. The second-order valence-corrected chi connectivity index (χ2v) is 9.65. The number of nitriles is 1. The average Bonchev–Trinajstić information content (AvgIpc) is 3.28. The Morgan fingerprint density at radius 2 is 1.91 bits per heavy atom. The Kier molecular flexibility index (Phi) is 6.10. The molecule has 2 aliphatic carbocycles. The Morgan fingerprint density at radius 1 is 1.06 bits per heavy atom. The minimum atomic E-state index is 0.119. The fourth-order valence-electron chi connectivity index (χ4n) is 5.54. The molecule has 0 bridgehead atoms. The van der Waals surface area contributed by atoms with Gasteiger partial charge in [0, 0.05) is 31.1 Å². The molecular weight excluding hydrogens is 394 g/mol. The first-order valence-corrected chi connectivity index (χ1v) is 12.0. The van der Waals surface area contributed by atoms with E-state index in [0.717, 1.165) is 62.4 Å². The second kappa shape index (κ2) is 9.30. The molecule has 5 rings (SSSR count). The molecule has 1 saturated carbocycles. The van der Waals surface area contributed by atoms with E-state index >= 15 is 0 Å². The van der Waals surface area contributed by atoms with Gasteiger partial charge in [0.15, 0.2) is 0 Å². The van der Waals surface area contributed by atoms with Crippen molar-refractivity contribution < 1.29 is 4.79 Å². The Labute approximate surface area is 190 Å². The molecule has 2 aromatic carbocycles. The Balaban J connectivity index is 1.05. The Morgan fingerprint density at radius 3 is 2.72 bits per heavy atom. The van der Waals surface area contributed by atoms with E-state index in [-0.39, 0.29) is 5.91 Å². The lowest BCUT2D eigenvalue weighted by Gasteiger charge is -2.33. The summed E-state index contributed by atoms with van der Waals surface area (Å²) in [5, 5.41) is 12.5. The van der Waals surface area contributed by atoms with Crippen molar-refractivity contribution in [3.8, 4) is 6.07 Å². The molecule has 164 valence electrons. The van der Waals surface area contributed by atoms with Crippen LogP contribution in [0.2, 0.25) is 0 Å². The molecule has 1 heterocycles. The number of nitrogens with one attached hydrogen (secondary N) is 1. The minimum absolute atomic E-state index is 0.119. The maximum atomic E-state index is 12.7. The molecule has 32 heavy (non-hydrogen) atoms. The van der Waals surface area contributed by atoms with Crippen molar-refractivity contribution in [2.75, 3.05) is 13.1 Å². The molecular formula is C28H31N3O. The zero-order valence-electron chi connectivity index (χ0n) is 18.6. The third-order valence-electron chi connectivity index (χ3n) is 7.52. The maximum Gasteiger partial charge on any atom is 0.247 e. The molecule has 1 aliphatic heterocycles. The van der Waals surface area contributed by atoms with Gasteiger partial charge in [-0.2, -0.15) is 5.26 Å². The molecule has 0 radical (unpaired) electrons. The first-order valence-electron chi connectivity index (χ1n) is 12.0. The van der Waals surface area contributed by atoms with E-state index in [9.17, 15) is 4.79 Å². The molecule has 0 atom stereocenters. The van der Waals surface area contributed by atoms with Gasteiger partial charge in [0.2, 0.25) is 5.91 Å². The van der Waals surface area contributed by atoms with Crippen LogP contribution in [0.3, 0.4) is 0 Å². The molecule has 0 saturated heterocycles. The molecule has 0 unspecified atom stereocenters. The topological polar surface area (TPSA) is 56.1 Å². The fraction of sp³-hybridized carbons (Fsp3) is 0.429. The van der Waals surface area contributed by atoms with E-state index in [1.165, 1.54) is 41.5 Å². The van der Waals surface area contributed by atoms with Crippen molar-refractivity contribution in [3.63, 3.8) is 0 Å². The summed E-state index contributed by atoms with van der Waals surface area (Å²) in [6, 6.07) is 17.0. The summed E-state index contributed by atoms with van der Waals surface area (Å²) < 4.78 is 0. The first-order chi connectivity index (χ1) is 15.7. The lowest BCUT2D eigenvalue weighted by Crippen LogP contribution is -2.39. The van der Waals surface area contributed by atoms with Crippen LogP contribution in [0.5, 0.6) is 0 Å². The second-order valence-electron chi connectivity index (χ2n) is 9.65. The molecule has 2 aromatic rings. The first kappa shape index (κ1) is 21.0. The highest BCUT2D eigenvalue weighted by Crippen LogP contribution is 2.29. The van der Waals surface area contributed by atoms with Gasteiger partial charge in [0.05, 0.1) is 11.6 Å².